The summed E-state index contributed by atoms with van der Waals surface area (Å²) in [6.45, 7) is 0. The van der Waals surface area contributed by atoms with Crippen LogP contribution in [-0.4, -0.2) is 15.0 Å². The first-order chi connectivity index (χ1) is 25.7. The highest BCUT2D eigenvalue weighted by Crippen LogP contribution is 2.41. The second-order valence-corrected chi connectivity index (χ2v) is 14.2. The molecule has 11 rings (SSSR count). The van der Waals surface area contributed by atoms with Gasteiger partial charge in [-0.2, -0.15) is 0 Å². The lowest BCUT2D eigenvalue weighted by Crippen LogP contribution is -2.00. The van der Waals surface area contributed by atoms with E-state index in [0.717, 1.165) is 48.7 Å². The van der Waals surface area contributed by atoms with Crippen LogP contribution in [0.25, 0.3) is 109 Å². The Morgan fingerprint density at radius 1 is 0.385 bits per heavy atom. The number of thiophene rings is 1. The molecule has 0 unspecified atom stereocenters. The fourth-order valence-corrected chi connectivity index (χ4v) is 8.85. The van der Waals surface area contributed by atoms with E-state index in [0.29, 0.717) is 17.5 Å². The maximum absolute atomic E-state index is 6.29. The van der Waals surface area contributed by atoms with Crippen molar-refractivity contribution in [2.45, 2.75) is 0 Å². The standard InChI is InChI=1S/C47H27N3OS/c1-2-10-28(11-3-1)30-24-25-33-31(26-30)22-20-29-21-23-32(27-39(29)33)45-48-46(37-15-9-18-41-43(37)36-13-4-6-17-40(36)51-41)50-47(49-45)38-16-8-14-35-34-12-5-7-19-42(34)52-44(35)38/h1-27H. The van der Waals surface area contributed by atoms with Crippen LogP contribution in [0.4, 0.5) is 0 Å². The van der Waals surface area contributed by atoms with Gasteiger partial charge in [0, 0.05) is 47.6 Å². The van der Waals surface area contributed by atoms with Gasteiger partial charge in [-0.15, -0.1) is 11.3 Å². The number of para-hydroxylation sites is 1. The van der Waals surface area contributed by atoms with Crippen LogP contribution in [0.1, 0.15) is 0 Å². The smallest absolute Gasteiger partial charge is 0.165 e. The first kappa shape index (κ1) is 29.1. The fourth-order valence-electron chi connectivity index (χ4n) is 7.64. The predicted molar refractivity (Wildman–Crippen MR) is 217 cm³/mol. The average molecular weight is 682 g/mol. The SMILES string of the molecule is c1ccc(-c2ccc3c(ccc4ccc(-c5nc(-c6cccc7c6sc6ccccc67)nc(-c6cccc7oc8ccccc8c67)n5)cc43)c2)cc1. The molecule has 3 aromatic heterocycles. The van der Waals surface area contributed by atoms with Crippen molar-refractivity contribution in [3.05, 3.63) is 164 Å². The van der Waals surface area contributed by atoms with E-state index in [9.17, 15) is 0 Å². The van der Waals surface area contributed by atoms with Crippen LogP contribution in [-0.2, 0) is 0 Å². The Balaban J connectivity index is 1.16. The normalized spacial score (nSPS) is 11.8. The van der Waals surface area contributed by atoms with Crippen molar-refractivity contribution >= 4 is 75.0 Å². The maximum atomic E-state index is 6.29. The number of furan rings is 1. The molecule has 0 saturated carbocycles. The molecule has 0 fully saturated rings. The molecule has 8 aromatic carbocycles. The molecular weight excluding hydrogens is 655 g/mol. The zero-order chi connectivity index (χ0) is 34.2. The molecule has 0 atom stereocenters. The number of rotatable bonds is 4. The molecular formula is C47H27N3OS. The largest absolute Gasteiger partial charge is 0.456 e. The van der Waals surface area contributed by atoms with Crippen LogP contribution in [0, 0.1) is 0 Å². The molecule has 4 nitrogen and oxygen atoms in total. The van der Waals surface area contributed by atoms with Crippen LogP contribution in [0.2, 0.25) is 0 Å². The van der Waals surface area contributed by atoms with E-state index in [4.69, 9.17) is 19.4 Å². The van der Waals surface area contributed by atoms with Gasteiger partial charge in [-0.3, -0.25) is 0 Å². The van der Waals surface area contributed by atoms with Crippen molar-refractivity contribution in [3.63, 3.8) is 0 Å². The van der Waals surface area contributed by atoms with E-state index in [2.05, 4.69) is 133 Å². The summed E-state index contributed by atoms with van der Waals surface area (Å²) in [6.07, 6.45) is 0. The minimum absolute atomic E-state index is 0.612. The Hall–Kier alpha value is -6.69. The average Bonchev–Trinajstić information content (AvgIpc) is 3.79. The number of aromatic nitrogens is 3. The number of nitrogens with zero attached hydrogens (tertiary/aromatic N) is 3. The summed E-state index contributed by atoms with van der Waals surface area (Å²) in [5.41, 5.74) is 6.89. The molecule has 3 heterocycles. The zero-order valence-electron chi connectivity index (χ0n) is 27.7. The van der Waals surface area contributed by atoms with E-state index < -0.39 is 0 Å². The highest BCUT2D eigenvalue weighted by atomic mass is 32.1. The van der Waals surface area contributed by atoms with Crippen LogP contribution in [0.3, 0.4) is 0 Å². The molecule has 52 heavy (non-hydrogen) atoms. The summed E-state index contributed by atoms with van der Waals surface area (Å²) in [7, 11) is 0. The molecule has 0 N–H and O–H groups in total. The van der Waals surface area contributed by atoms with Gasteiger partial charge in [0.15, 0.2) is 17.5 Å². The minimum atomic E-state index is 0.612. The Morgan fingerprint density at radius 2 is 1.06 bits per heavy atom. The quantitative estimate of drug-likeness (QED) is 0.174. The Labute approximate surface area is 302 Å². The molecule has 0 spiro atoms. The first-order valence-corrected chi connectivity index (χ1v) is 18.2. The van der Waals surface area contributed by atoms with E-state index in [1.165, 1.54) is 42.8 Å². The monoisotopic (exact) mass is 681 g/mol. The lowest BCUT2D eigenvalue weighted by Gasteiger charge is -2.11. The van der Waals surface area contributed by atoms with Crippen molar-refractivity contribution in [2.75, 3.05) is 0 Å². The molecule has 11 aromatic rings. The molecule has 0 aliphatic rings. The van der Waals surface area contributed by atoms with E-state index in [-0.39, 0.29) is 0 Å². The number of hydrogen-bond donors (Lipinski definition) is 0. The third-order valence-electron chi connectivity index (χ3n) is 10.1. The second kappa shape index (κ2) is 11.4. The van der Waals surface area contributed by atoms with E-state index >= 15 is 0 Å². The number of fused-ring (bicyclic) bond motifs is 9. The lowest BCUT2D eigenvalue weighted by molar-refractivity contribution is 0.669. The number of benzene rings is 8. The summed E-state index contributed by atoms with van der Waals surface area (Å²) in [5, 5.41) is 9.20. The van der Waals surface area contributed by atoms with Crippen molar-refractivity contribution in [1.29, 1.82) is 0 Å². The third-order valence-corrected chi connectivity index (χ3v) is 11.3. The van der Waals surface area contributed by atoms with E-state index in [1.807, 2.05) is 30.3 Å². The fraction of sp³-hybridized carbons (Fsp3) is 0. The summed E-state index contributed by atoms with van der Waals surface area (Å²) in [6, 6.07) is 57.5. The maximum Gasteiger partial charge on any atom is 0.165 e. The Bertz CT molecular complexity index is 3200. The summed E-state index contributed by atoms with van der Waals surface area (Å²) in [4.78, 5) is 15.7. The van der Waals surface area contributed by atoms with Gasteiger partial charge < -0.3 is 4.42 Å². The van der Waals surface area contributed by atoms with Gasteiger partial charge in [-0.05, 0) is 69.1 Å². The highest BCUT2D eigenvalue weighted by Gasteiger charge is 2.20. The van der Waals surface area contributed by atoms with Gasteiger partial charge >= 0.3 is 0 Å². The summed E-state index contributed by atoms with van der Waals surface area (Å²) < 4.78 is 8.70. The molecule has 0 bridgehead atoms. The first-order valence-electron chi connectivity index (χ1n) is 17.3. The van der Waals surface area contributed by atoms with E-state index in [1.54, 1.807) is 11.3 Å². The number of hydrogen-bond acceptors (Lipinski definition) is 5. The molecule has 0 saturated heterocycles. The topological polar surface area (TPSA) is 51.8 Å². The van der Waals surface area contributed by atoms with Gasteiger partial charge in [-0.1, -0.05) is 127 Å². The third kappa shape index (κ3) is 4.57. The van der Waals surface area contributed by atoms with Crippen LogP contribution < -0.4 is 0 Å². The molecule has 0 amide bonds. The van der Waals surface area contributed by atoms with Gasteiger partial charge in [0.2, 0.25) is 0 Å². The molecule has 5 heteroatoms. The van der Waals surface area contributed by atoms with Crippen molar-refractivity contribution < 1.29 is 4.42 Å². The van der Waals surface area contributed by atoms with Crippen LogP contribution in [0.5, 0.6) is 0 Å². The second-order valence-electron chi connectivity index (χ2n) is 13.2. The predicted octanol–water partition coefficient (Wildman–Crippen LogP) is 13.1. The van der Waals surface area contributed by atoms with Gasteiger partial charge in [-0.25, -0.2) is 15.0 Å². The zero-order valence-corrected chi connectivity index (χ0v) is 28.6. The van der Waals surface area contributed by atoms with Crippen molar-refractivity contribution in [1.82, 2.24) is 15.0 Å². The molecule has 0 aliphatic carbocycles. The van der Waals surface area contributed by atoms with Gasteiger partial charge in [0.05, 0.1) is 0 Å². The van der Waals surface area contributed by atoms with Crippen molar-refractivity contribution in [3.8, 4) is 45.3 Å². The van der Waals surface area contributed by atoms with Gasteiger partial charge in [0.1, 0.15) is 11.2 Å². The van der Waals surface area contributed by atoms with Gasteiger partial charge in [0.25, 0.3) is 0 Å². The Kier molecular flexibility index (Phi) is 6.39. The highest BCUT2D eigenvalue weighted by molar-refractivity contribution is 7.26. The van der Waals surface area contributed by atoms with Crippen molar-refractivity contribution in [2.24, 2.45) is 0 Å². The lowest BCUT2D eigenvalue weighted by atomic mass is 9.96. The minimum Gasteiger partial charge on any atom is -0.456 e. The summed E-state index contributed by atoms with van der Waals surface area (Å²) in [5.74, 6) is 1.89. The summed E-state index contributed by atoms with van der Waals surface area (Å²) >= 11 is 1.78. The molecule has 0 radical (unpaired) electrons. The van der Waals surface area contributed by atoms with Crippen LogP contribution >= 0.6 is 11.3 Å². The Morgan fingerprint density at radius 3 is 1.98 bits per heavy atom. The molecule has 242 valence electrons. The van der Waals surface area contributed by atoms with Crippen LogP contribution in [0.15, 0.2) is 168 Å². The molecule has 0 aliphatic heterocycles.